The molecule has 0 aromatic heterocycles. The van der Waals surface area contributed by atoms with Gasteiger partial charge in [-0.05, 0) is 19.1 Å². The highest BCUT2D eigenvalue weighted by molar-refractivity contribution is 6.76. The minimum atomic E-state index is -1.91. The number of rotatable bonds is 2. The third kappa shape index (κ3) is 3.26. The second-order valence-corrected chi connectivity index (χ2v) is 5.16. The van der Waals surface area contributed by atoms with Gasteiger partial charge < -0.3 is 4.90 Å². The number of amides is 1. The van der Waals surface area contributed by atoms with Gasteiger partial charge >= 0.3 is 0 Å². The number of hydrogen-bond donors (Lipinski definition) is 0. The molecule has 15 heavy (non-hydrogen) atoms. The largest absolute Gasteiger partial charge is 0.309 e. The maximum Gasteiger partial charge on any atom is 0.279 e. The Hall–Kier alpha value is -0.440. The highest BCUT2D eigenvalue weighted by Gasteiger charge is 2.35. The monoisotopic (exact) mass is 265 g/mol. The number of nitrogens with zero attached hydrogens (tertiary/aromatic N) is 1. The predicted octanol–water partition coefficient (Wildman–Crippen LogP) is 3.41. The molecule has 0 radical (unpaired) electrons. The van der Waals surface area contributed by atoms with Gasteiger partial charge in [0.2, 0.25) is 0 Å². The van der Waals surface area contributed by atoms with Crippen molar-refractivity contribution in [1.82, 2.24) is 0 Å². The molecule has 1 rings (SSSR count). The van der Waals surface area contributed by atoms with Crippen LogP contribution >= 0.6 is 34.8 Å². The summed E-state index contributed by atoms with van der Waals surface area (Å²) in [4.78, 5) is 13.1. The van der Waals surface area contributed by atoms with Crippen molar-refractivity contribution < 1.29 is 4.79 Å². The summed E-state index contributed by atoms with van der Waals surface area (Å²) in [5.74, 6) is -0.541. The van der Waals surface area contributed by atoms with E-state index in [1.54, 1.807) is 12.1 Å². The zero-order valence-electron chi connectivity index (χ0n) is 8.08. The molecule has 0 heterocycles. The molecule has 0 unspecified atom stereocenters. The average Bonchev–Trinajstić information content (AvgIpc) is 2.19. The molecule has 0 bridgehead atoms. The van der Waals surface area contributed by atoms with Gasteiger partial charge in [-0.25, -0.2) is 0 Å². The molecule has 0 aliphatic heterocycles. The van der Waals surface area contributed by atoms with Gasteiger partial charge in [-0.1, -0.05) is 53.0 Å². The SMILES string of the molecule is CCN(C(=O)C(Cl)(Cl)Cl)c1ccccc1. The second kappa shape index (κ2) is 5.06. The van der Waals surface area contributed by atoms with E-state index in [1.165, 1.54) is 4.90 Å². The standard InChI is InChI=1S/C10H10Cl3NO/c1-2-14(9(15)10(11,12)13)8-6-4-3-5-7-8/h3-7H,2H2,1H3. The van der Waals surface area contributed by atoms with Crippen LogP contribution in [0.15, 0.2) is 30.3 Å². The van der Waals surface area contributed by atoms with Crippen molar-refractivity contribution in [3.63, 3.8) is 0 Å². The molecule has 1 aromatic carbocycles. The number of benzene rings is 1. The van der Waals surface area contributed by atoms with Crippen LogP contribution in [0.1, 0.15) is 6.92 Å². The third-order valence-corrected chi connectivity index (χ3v) is 2.36. The Morgan fingerprint density at radius 1 is 1.27 bits per heavy atom. The summed E-state index contributed by atoms with van der Waals surface area (Å²) in [5.41, 5.74) is 0.719. The normalized spacial score (nSPS) is 11.2. The zero-order valence-corrected chi connectivity index (χ0v) is 10.4. The Morgan fingerprint density at radius 3 is 2.20 bits per heavy atom. The first kappa shape index (κ1) is 12.6. The number of halogens is 3. The summed E-state index contributed by atoms with van der Waals surface area (Å²) < 4.78 is -1.91. The lowest BCUT2D eigenvalue weighted by atomic mass is 10.3. The van der Waals surface area contributed by atoms with Crippen LogP contribution in [-0.4, -0.2) is 16.2 Å². The van der Waals surface area contributed by atoms with E-state index in [2.05, 4.69) is 0 Å². The summed E-state index contributed by atoms with van der Waals surface area (Å²) in [5, 5.41) is 0. The van der Waals surface area contributed by atoms with Crippen LogP contribution in [0.2, 0.25) is 0 Å². The number of carbonyl (C=O) groups is 1. The van der Waals surface area contributed by atoms with Gasteiger partial charge in [0, 0.05) is 12.2 Å². The van der Waals surface area contributed by atoms with Gasteiger partial charge in [0.15, 0.2) is 0 Å². The van der Waals surface area contributed by atoms with Crippen molar-refractivity contribution in [3.8, 4) is 0 Å². The molecule has 0 saturated heterocycles. The predicted molar refractivity (Wildman–Crippen MR) is 64.8 cm³/mol. The zero-order chi connectivity index (χ0) is 11.5. The van der Waals surface area contributed by atoms with Crippen molar-refractivity contribution in [3.05, 3.63) is 30.3 Å². The van der Waals surface area contributed by atoms with Gasteiger partial charge in [-0.15, -0.1) is 0 Å². The molecule has 1 amide bonds. The second-order valence-electron chi connectivity index (χ2n) is 2.88. The maximum atomic E-state index is 11.7. The van der Waals surface area contributed by atoms with E-state index in [1.807, 2.05) is 25.1 Å². The Balaban J connectivity index is 2.96. The highest BCUT2D eigenvalue weighted by Crippen LogP contribution is 2.30. The minimum absolute atomic E-state index is 0.455. The van der Waals surface area contributed by atoms with Gasteiger partial charge in [0.05, 0.1) is 0 Å². The molecular weight excluding hydrogens is 256 g/mol. The van der Waals surface area contributed by atoms with E-state index in [-0.39, 0.29) is 0 Å². The fourth-order valence-corrected chi connectivity index (χ4v) is 1.51. The molecule has 0 atom stereocenters. The number of hydrogen-bond acceptors (Lipinski definition) is 1. The van der Waals surface area contributed by atoms with Crippen LogP contribution in [0.25, 0.3) is 0 Å². The fraction of sp³-hybridized carbons (Fsp3) is 0.300. The van der Waals surface area contributed by atoms with Crippen LogP contribution in [0.5, 0.6) is 0 Å². The van der Waals surface area contributed by atoms with Gasteiger partial charge in [0.1, 0.15) is 0 Å². The summed E-state index contributed by atoms with van der Waals surface area (Å²) in [7, 11) is 0. The lowest BCUT2D eigenvalue weighted by molar-refractivity contribution is -0.117. The van der Waals surface area contributed by atoms with Gasteiger partial charge in [-0.2, -0.15) is 0 Å². The summed E-state index contributed by atoms with van der Waals surface area (Å²) >= 11 is 16.6. The molecule has 1 aromatic rings. The summed E-state index contributed by atoms with van der Waals surface area (Å²) in [6.45, 7) is 2.28. The molecule has 0 spiro atoms. The maximum absolute atomic E-state index is 11.7. The first-order valence-corrected chi connectivity index (χ1v) is 5.54. The topological polar surface area (TPSA) is 20.3 Å². The van der Waals surface area contributed by atoms with Crippen LogP contribution in [0.4, 0.5) is 5.69 Å². The van der Waals surface area contributed by atoms with E-state index in [0.717, 1.165) is 5.69 Å². The van der Waals surface area contributed by atoms with Gasteiger partial charge in [0.25, 0.3) is 9.70 Å². The Kier molecular flexibility index (Phi) is 4.26. The first-order chi connectivity index (χ1) is 6.96. The molecule has 0 saturated carbocycles. The third-order valence-electron chi connectivity index (χ3n) is 1.87. The first-order valence-electron chi connectivity index (χ1n) is 4.40. The van der Waals surface area contributed by atoms with Crippen molar-refractivity contribution in [2.75, 3.05) is 11.4 Å². The van der Waals surface area contributed by atoms with Crippen molar-refractivity contribution in [1.29, 1.82) is 0 Å². The molecule has 2 nitrogen and oxygen atoms in total. The van der Waals surface area contributed by atoms with Crippen LogP contribution in [0, 0.1) is 0 Å². The van der Waals surface area contributed by atoms with Crippen molar-refractivity contribution in [2.45, 2.75) is 10.7 Å². The molecule has 0 aliphatic rings. The van der Waals surface area contributed by atoms with Crippen LogP contribution in [-0.2, 0) is 4.79 Å². The van der Waals surface area contributed by atoms with E-state index < -0.39 is 9.70 Å². The van der Waals surface area contributed by atoms with E-state index in [4.69, 9.17) is 34.8 Å². The number of anilines is 1. The number of carbonyl (C=O) groups excluding carboxylic acids is 1. The lowest BCUT2D eigenvalue weighted by Gasteiger charge is -2.24. The minimum Gasteiger partial charge on any atom is -0.309 e. The summed E-state index contributed by atoms with van der Waals surface area (Å²) in [6, 6.07) is 9.08. The van der Waals surface area contributed by atoms with Crippen molar-refractivity contribution >= 4 is 46.4 Å². The fourth-order valence-electron chi connectivity index (χ4n) is 1.20. The number of para-hydroxylation sites is 1. The van der Waals surface area contributed by atoms with E-state index >= 15 is 0 Å². The Labute approximate surface area is 104 Å². The molecular formula is C10H10Cl3NO. The van der Waals surface area contributed by atoms with Crippen LogP contribution < -0.4 is 4.90 Å². The quantitative estimate of drug-likeness (QED) is 0.751. The van der Waals surface area contributed by atoms with E-state index in [0.29, 0.717) is 6.54 Å². The van der Waals surface area contributed by atoms with Gasteiger partial charge in [-0.3, -0.25) is 4.79 Å². The Morgan fingerprint density at radius 2 is 1.80 bits per heavy atom. The molecule has 0 aliphatic carbocycles. The summed E-state index contributed by atoms with van der Waals surface area (Å²) in [6.07, 6.45) is 0. The van der Waals surface area contributed by atoms with Crippen LogP contribution in [0.3, 0.4) is 0 Å². The number of alkyl halides is 3. The molecule has 5 heteroatoms. The molecule has 0 N–H and O–H groups in total. The van der Waals surface area contributed by atoms with Crippen molar-refractivity contribution in [2.24, 2.45) is 0 Å². The lowest BCUT2D eigenvalue weighted by Crippen LogP contribution is -2.39. The highest BCUT2D eigenvalue weighted by atomic mass is 35.6. The molecule has 82 valence electrons. The van der Waals surface area contributed by atoms with E-state index in [9.17, 15) is 4.79 Å². The average molecular weight is 267 g/mol. The molecule has 0 fully saturated rings. The Bertz CT molecular complexity index is 334. The smallest absolute Gasteiger partial charge is 0.279 e.